The first-order valence-electron chi connectivity index (χ1n) is 12.9. The molecule has 0 saturated carbocycles. The van der Waals surface area contributed by atoms with Crippen LogP contribution < -0.4 is 19.5 Å². The molecule has 1 N–H and O–H groups in total. The Morgan fingerprint density at radius 3 is 2.15 bits per heavy atom. The molecule has 0 saturated heterocycles. The van der Waals surface area contributed by atoms with Gasteiger partial charge < -0.3 is 24.4 Å². The Balaban J connectivity index is 1.69. The molecule has 0 aliphatic heterocycles. The van der Waals surface area contributed by atoms with Crippen molar-refractivity contribution in [1.82, 2.24) is 15.2 Å². The van der Waals surface area contributed by atoms with Gasteiger partial charge in [-0.3, -0.25) is 14.6 Å². The number of nitrogens with one attached hydrogen (secondary N) is 1. The molecular formula is C32H33N3O5. The second-order valence-electron chi connectivity index (χ2n) is 9.09. The number of carbonyl (C=O) groups is 2. The Bertz CT molecular complexity index is 1400. The molecule has 206 valence electrons. The van der Waals surface area contributed by atoms with Gasteiger partial charge in [-0.25, -0.2) is 0 Å². The number of ether oxygens (including phenoxy) is 3. The average Bonchev–Trinajstić information content (AvgIpc) is 3.01. The third-order valence-corrected chi connectivity index (χ3v) is 6.48. The van der Waals surface area contributed by atoms with Crippen LogP contribution in [0.1, 0.15) is 28.4 Å². The first-order chi connectivity index (χ1) is 19.5. The quantitative estimate of drug-likeness (QED) is 0.280. The van der Waals surface area contributed by atoms with E-state index in [0.717, 1.165) is 16.8 Å². The van der Waals surface area contributed by atoms with Gasteiger partial charge >= 0.3 is 0 Å². The fraction of sp³-hybridized carbons (Fsp3) is 0.219. The van der Waals surface area contributed by atoms with Gasteiger partial charge in [0.25, 0.3) is 0 Å². The van der Waals surface area contributed by atoms with Crippen molar-refractivity contribution in [2.75, 3.05) is 21.3 Å². The molecule has 2 amide bonds. The summed E-state index contributed by atoms with van der Waals surface area (Å²) in [5.74, 6) is 1.29. The third-order valence-electron chi connectivity index (χ3n) is 6.48. The van der Waals surface area contributed by atoms with Gasteiger partial charge in [-0.1, -0.05) is 54.6 Å². The van der Waals surface area contributed by atoms with Gasteiger partial charge in [-0.05, 0) is 53.1 Å². The molecule has 4 rings (SSSR count). The molecule has 0 bridgehead atoms. The van der Waals surface area contributed by atoms with Crippen LogP contribution in [-0.4, -0.2) is 43.0 Å². The topological polar surface area (TPSA) is 90.0 Å². The number of nitrogens with zero attached hydrogens (tertiary/aromatic N) is 2. The Labute approximate surface area is 234 Å². The minimum absolute atomic E-state index is 0.0629. The lowest BCUT2D eigenvalue weighted by molar-refractivity contribution is -0.141. The van der Waals surface area contributed by atoms with E-state index in [1.54, 1.807) is 44.6 Å². The second kappa shape index (κ2) is 13.8. The summed E-state index contributed by atoms with van der Waals surface area (Å²) in [6.45, 7) is 0.454. The van der Waals surface area contributed by atoms with E-state index in [1.165, 1.54) is 0 Å². The van der Waals surface area contributed by atoms with Gasteiger partial charge in [-0.2, -0.15) is 0 Å². The largest absolute Gasteiger partial charge is 0.497 e. The lowest BCUT2D eigenvalue weighted by Gasteiger charge is -2.32. The van der Waals surface area contributed by atoms with Crippen LogP contribution in [0.3, 0.4) is 0 Å². The zero-order valence-corrected chi connectivity index (χ0v) is 22.9. The summed E-state index contributed by atoms with van der Waals surface area (Å²) in [5, 5.41) is 2.98. The Morgan fingerprint density at radius 1 is 0.800 bits per heavy atom. The van der Waals surface area contributed by atoms with Crippen molar-refractivity contribution in [1.29, 1.82) is 0 Å². The number of hydrogen-bond donors (Lipinski definition) is 1. The van der Waals surface area contributed by atoms with Gasteiger partial charge in [0, 0.05) is 12.7 Å². The smallest absolute Gasteiger partial charge is 0.247 e. The lowest BCUT2D eigenvalue weighted by atomic mass is 10.0. The third kappa shape index (κ3) is 7.17. The maximum absolute atomic E-state index is 14.0. The molecular weight excluding hydrogens is 506 g/mol. The summed E-state index contributed by atoms with van der Waals surface area (Å²) < 4.78 is 16.1. The standard InChI is InChI=1S/C32H33N3O5/c1-38-27-15-12-23(13-16-27)22-35(30(36)20-24-14-17-28(39-2)29(19-24)40-3)31(25-9-5-4-6-10-25)32(37)34-21-26-11-7-8-18-33-26/h4-19,31H,20-22H2,1-3H3,(H,34,37)/t31-/m0/s1. The number of carbonyl (C=O) groups excluding carboxylic acids is 2. The van der Waals surface area contributed by atoms with Crippen LogP contribution in [0.15, 0.2) is 97.2 Å². The molecule has 0 fully saturated rings. The van der Waals surface area contributed by atoms with Crippen LogP contribution in [-0.2, 0) is 29.1 Å². The van der Waals surface area contributed by atoms with Crippen molar-refractivity contribution in [2.24, 2.45) is 0 Å². The molecule has 1 heterocycles. The van der Waals surface area contributed by atoms with Crippen molar-refractivity contribution in [3.8, 4) is 17.2 Å². The predicted octanol–water partition coefficient (Wildman–Crippen LogP) is 4.74. The number of amides is 2. The number of methoxy groups -OCH3 is 3. The van der Waals surface area contributed by atoms with Crippen LogP contribution >= 0.6 is 0 Å². The number of benzene rings is 3. The fourth-order valence-electron chi connectivity index (χ4n) is 4.40. The molecule has 0 unspecified atom stereocenters. The Kier molecular flexibility index (Phi) is 9.72. The normalized spacial score (nSPS) is 11.3. The highest BCUT2D eigenvalue weighted by molar-refractivity contribution is 5.89. The molecule has 8 nitrogen and oxygen atoms in total. The van der Waals surface area contributed by atoms with Gasteiger partial charge in [-0.15, -0.1) is 0 Å². The summed E-state index contributed by atoms with van der Waals surface area (Å²) in [6, 6.07) is 26.8. The maximum atomic E-state index is 14.0. The molecule has 40 heavy (non-hydrogen) atoms. The molecule has 8 heteroatoms. The first kappa shape index (κ1) is 28.2. The van der Waals surface area contributed by atoms with Crippen LogP contribution in [0.4, 0.5) is 0 Å². The van der Waals surface area contributed by atoms with Crippen LogP contribution in [0.2, 0.25) is 0 Å². The van der Waals surface area contributed by atoms with E-state index >= 15 is 0 Å². The maximum Gasteiger partial charge on any atom is 0.247 e. The van der Waals surface area contributed by atoms with Crippen molar-refractivity contribution < 1.29 is 23.8 Å². The molecule has 3 aromatic carbocycles. The van der Waals surface area contributed by atoms with Crippen LogP contribution in [0.25, 0.3) is 0 Å². The zero-order valence-electron chi connectivity index (χ0n) is 22.9. The minimum atomic E-state index is -0.875. The molecule has 4 aromatic rings. The molecule has 1 aromatic heterocycles. The molecule has 1 atom stereocenters. The van der Waals surface area contributed by atoms with Crippen molar-refractivity contribution >= 4 is 11.8 Å². The Hall–Kier alpha value is -4.85. The SMILES string of the molecule is COc1ccc(CN(C(=O)Cc2ccc(OC)c(OC)c2)[C@H](C(=O)NCc2ccccn2)c2ccccc2)cc1. The summed E-state index contributed by atoms with van der Waals surface area (Å²) in [6.07, 6.45) is 1.74. The zero-order chi connectivity index (χ0) is 28.3. The molecule has 0 aliphatic rings. The van der Waals surface area contributed by atoms with Gasteiger partial charge in [0.05, 0.1) is 40.0 Å². The van der Waals surface area contributed by atoms with E-state index in [9.17, 15) is 9.59 Å². The molecule has 0 radical (unpaired) electrons. The van der Waals surface area contributed by atoms with Crippen molar-refractivity contribution in [3.63, 3.8) is 0 Å². The molecule has 0 aliphatic carbocycles. The molecule has 0 spiro atoms. The number of rotatable bonds is 12. The van der Waals surface area contributed by atoms with E-state index in [2.05, 4.69) is 10.3 Å². The fourth-order valence-corrected chi connectivity index (χ4v) is 4.40. The summed E-state index contributed by atoms with van der Waals surface area (Å²) in [5.41, 5.74) is 3.03. The van der Waals surface area contributed by atoms with E-state index in [0.29, 0.717) is 22.8 Å². The summed E-state index contributed by atoms with van der Waals surface area (Å²) in [7, 11) is 4.72. The Morgan fingerprint density at radius 2 is 1.50 bits per heavy atom. The summed E-state index contributed by atoms with van der Waals surface area (Å²) in [4.78, 5) is 33.7. The first-order valence-corrected chi connectivity index (χ1v) is 12.9. The highest BCUT2D eigenvalue weighted by Gasteiger charge is 2.31. The number of aromatic nitrogens is 1. The highest BCUT2D eigenvalue weighted by Crippen LogP contribution is 2.30. The van der Waals surface area contributed by atoms with Gasteiger partial charge in [0.15, 0.2) is 11.5 Å². The number of hydrogen-bond acceptors (Lipinski definition) is 6. The van der Waals surface area contributed by atoms with Crippen LogP contribution in [0, 0.1) is 0 Å². The van der Waals surface area contributed by atoms with E-state index in [4.69, 9.17) is 14.2 Å². The second-order valence-corrected chi connectivity index (χ2v) is 9.09. The van der Waals surface area contributed by atoms with Gasteiger partial charge in [0.2, 0.25) is 11.8 Å². The monoisotopic (exact) mass is 539 g/mol. The lowest BCUT2D eigenvalue weighted by Crippen LogP contribution is -2.44. The van der Waals surface area contributed by atoms with Crippen LogP contribution in [0.5, 0.6) is 17.2 Å². The minimum Gasteiger partial charge on any atom is -0.497 e. The van der Waals surface area contributed by atoms with E-state index in [-0.39, 0.29) is 31.3 Å². The number of pyridine rings is 1. The van der Waals surface area contributed by atoms with Gasteiger partial charge in [0.1, 0.15) is 11.8 Å². The average molecular weight is 540 g/mol. The van der Waals surface area contributed by atoms with E-state index < -0.39 is 6.04 Å². The van der Waals surface area contributed by atoms with E-state index in [1.807, 2.05) is 78.9 Å². The van der Waals surface area contributed by atoms with Crippen molar-refractivity contribution in [2.45, 2.75) is 25.6 Å². The van der Waals surface area contributed by atoms with Crippen molar-refractivity contribution in [3.05, 3.63) is 120 Å². The highest BCUT2D eigenvalue weighted by atomic mass is 16.5. The predicted molar refractivity (Wildman–Crippen MR) is 152 cm³/mol. The summed E-state index contributed by atoms with van der Waals surface area (Å²) >= 11 is 0.